The minimum Gasteiger partial charge on any atom is -0.478 e. The molecule has 0 spiro atoms. The highest BCUT2D eigenvalue weighted by Crippen LogP contribution is 2.32. The number of nitrogens with zero attached hydrogens (tertiary/aromatic N) is 2. The van der Waals surface area contributed by atoms with E-state index >= 15 is 0 Å². The molecule has 2 heterocycles. The van der Waals surface area contributed by atoms with Crippen molar-refractivity contribution < 1.29 is 14.3 Å². The molecule has 5 rings (SSSR count). The predicted octanol–water partition coefficient (Wildman–Crippen LogP) is 5.53. The monoisotopic (exact) mass is 453 g/mol. The minimum atomic E-state index is -1.01. The molecular weight excluding hydrogens is 430 g/mol. The van der Waals surface area contributed by atoms with Crippen molar-refractivity contribution in [3.63, 3.8) is 0 Å². The van der Waals surface area contributed by atoms with Crippen LogP contribution in [0.15, 0.2) is 76.2 Å². The van der Waals surface area contributed by atoms with Gasteiger partial charge in [0.15, 0.2) is 5.43 Å². The van der Waals surface area contributed by atoms with Crippen LogP contribution in [0.25, 0.3) is 33.3 Å². The number of para-hydroxylation sites is 1. The van der Waals surface area contributed by atoms with Gasteiger partial charge in [-0.05, 0) is 55.8 Å². The van der Waals surface area contributed by atoms with Gasteiger partial charge in [-0.2, -0.15) is 0 Å². The van der Waals surface area contributed by atoms with E-state index < -0.39 is 5.97 Å². The molecule has 7 nitrogen and oxygen atoms in total. The van der Waals surface area contributed by atoms with Gasteiger partial charge in [0.1, 0.15) is 11.3 Å². The molecule has 2 aromatic heterocycles. The van der Waals surface area contributed by atoms with Gasteiger partial charge >= 0.3 is 5.97 Å². The number of hydrogen-bond acceptors (Lipinski definition) is 5. The lowest BCUT2D eigenvalue weighted by Gasteiger charge is -2.19. The van der Waals surface area contributed by atoms with E-state index in [0.29, 0.717) is 22.4 Å². The van der Waals surface area contributed by atoms with Crippen LogP contribution in [-0.4, -0.2) is 20.6 Å². The average molecular weight is 453 g/mol. The van der Waals surface area contributed by atoms with Gasteiger partial charge in [0.05, 0.1) is 34.4 Å². The van der Waals surface area contributed by atoms with Crippen LogP contribution in [0.3, 0.4) is 0 Å². The van der Waals surface area contributed by atoms with Crippen LogP contribution in [0.1, 0.15) is 34.5 Å². The summed E-state index contributed by atoms with van der Waals surface area (Å²) in [5.74, 6) is -0.559. The van der Waals surface area contributed by atoms with Crippen molar-refractivity contribution in [2.75, 3.05) is 5.32 Å². The number of nitrogens with one attached hydrogen (secondary N) is 1. The third-order valence-corrected chi connectivity index (χ3v) is 6.01. The number of aromatic nitrogens is 2. The first-order valence-electron chi connectivity index (χ1n) is 10.9. The van der Waals surface area contributed by atoms with Crippen LogP contribution in [0.4, 0.5) is 5.69 Å². The van der Waals surface area contributed by atoms with Crippen molar-refractivity contribution in [2.24, 2.45) is 7.05 Å². The molecule has 7 heteroatoms. The quantitative estimate of drug-likeness (QED) is 0.363. The zero-order valence-corrected chi connectivity index (χ0v) is 19.0. The van der Waals surface area contributed by atoms with Crippen LogP contribution < -0.4 is 10.7 Å². The Bertz CT molecular complexity index is 1630. The largest absolute Gasteiger partial charge is 0.478 e. The average Bonchev–Trinajstić information content (AvgIpc) is 3.19. The standard InChI is InChI=1S/C27H23N3O4/c1-15-10-19(16(2)29-21-7-5-4-6-18(21)27(32)33)26-20(11-15)24(31)13-25(34-26)17-8-9-23-22(12-17)28-14-30(23)3/h4-14,16,29H,1-3H3,(H,32,33). The van der Waals surface area contributed by atoms with E-state index in [1.165, 1.54) is 6.07 Å². The van der Waals surface area contributed by atoms with E-state index in [4.69, 9.17) is 4.42 Å². The second-order valence-corrected chi connectivity index (χ2v) is 8.48. The summed E-state index contributed by atoms with van der Waals surface area (Å²) < 4.78 is 8.25. The van der Waals surface area contributed by atoms with Gasteiger partial charge < -0.3 is 19.4 Å². The van der Waals surface area contributed by atoms with E-state index in [2.05, 4.69) is 10.3 Å². The topological polar surface area (TPSA) is 97.4 Å². The van der Waals surface area contributed by atoms with Crippen LogP contribution in [0, 0.1) is 6.92 Å². The fourth-order valence-electron chi connectivity index (χ4n) is 4.29. The smallest absolute Gasteiger partial charge is 0.337 e. The zero-order chi connectivity index (χ0) is 24.0. The number of rotatable bonds is 5. The Morgan fingerprint density at radius 3 is 2.71 bits per heavy atom. The molecule has 5 aromatic rings. The van der Waals surface area contributed by atoms with Gasteiger partial charge in [-0.1, -0.05) is 18.2 Å². The Morgan fingerprint density at radius 2 is 1.91 bits per heavy atom. The van der Waals surface area contributed by atoms with Crippen LogP contribution in [-0.2, 0) is 7.05 Å². The molecule has 0 aliphatic rings. The summed E-state index contributed by atoms with van der Waals surface area (Å²) in [5, 5.41) is 13.3. The van der Waals surface area contributed by atoms with Crippen molar-refractivity contribution in [1.82, 2.24) is 9.55 Å². The van der Waals surface area contributed by atoms with Crippen molar-refractivity contribution in [3.05, 3.63) is 93.9 Å². The Balaban J connectivity index is 1.64. The normalized spacial score (nSPS) is 12.2. The Morgan fingerprint density at radius 1 is 1.12 bits per heavy atom. The summed E-state index contributed by atoms with van der Waals surface area (Å²) >= 11 is 0. The second-order valence-electron chi connectivity index (χ2n) is 8.48. The summed E-state index contributed by atoms with van der Waals surface area (Å²) in [6.45, 7) is 3.84. The Kier molecular flexibility index (Phi) is 5.17. The fourth-order valence-corrected chi connectivity index (χ4v) is 4.29. The highest BCUT2D eigenvalue weighted by atomic mass is 16.4. The number of carbonyl (C=O) groups is 1. The maximum absolute atomic E-state index is 13.1. The molecule has 0 saturated heterocycles. The van der Waals surface area contributed by atoms with Gasteiger partial charge in [-0.3, -0.25) is 4.79 Å². The molecular formula is C27H23N3O4. The first kappa shape index (κ1) is 21.5. The number of imidazole rings is 1. The number of fused-ring (bicyclic) bond motifs is 2. The maximum atomic E-state index is 13.1. The number of carboxylic acid groups (broad SMARTS) is 1. The summed E-state index contributed by atoms with van der Waals surface area (Å²) in [5.41, 5.74) is 5.25. The molecule has 3 aromatic carbocycles. The fraction of sp³-hybridized carbons (Fsp3) is 0.148. The highest BCUT2D eigenvalue weighted by molar-refractivity contribution is 5.94. The van der Waals surface area contributed by atoms with Gasteiger partial charge in [0.25, 0.3) is 0 Å². The number of benzene rings is 3. The van der Waals surface area contributed by atoms with E-state index in [1.54, 1.807) is 30.6 Å². The Hall–Kier alpha value is -4.39. The molecule has 0 amide bonds. The second kappa shape index (κ2) is 8.19. The minimum absolute atomic E-state index is 0.138. The molecule has 1 atom stereocenters. The molecule has 0 fully saturated rings. The number of hydrogen-bond donors (Lipinski definition) is 2. The van der Waals surface area contributed by atoms with Crippen LogP contribution >= 0.6 is 0 Å². The molecule has 2 N–H and O–H groups in total. The number of aryl methyl sites for hydroxylation is 2. The zero-order valence-electron chi connectivity index (χ0n) is 19.0. The highest BCUT2D eigenvalue weighted by Gasteiger charge is 2.18. The lowest BCUT2D eigenvalue weighted by Crippen LogP contribution is -2.12. The van der Waals surface area contributed by atoms with Gasteiger partial charge in [-0.25, -0.2) is 9.78 Å². The van der Waals surface area contributed by atoms with E-state index in [1.807, 2.05) is 55.8 Å². The van der Waals surface area contributed by atoms with Gasteiger partial charge in [0, 0.05) is 29.9 Å². The van der Waals surface area contributed by atoms with Crippen molar-refractivity contribution in [1.29, 1.82) is 0 Å². The van der Waals surface area contributed by atoms with Crippen molar-refractivity contribution in [2.45, 2.75) is 19.9 Å². The first-order chi connectivity index (χ1) is 16.3. The maximum Gasteiger partial charge on any atom is 0.337 e. The summed E-state index contributed by atoms with van der Waals surface area (Å²) in [4.78, 5) is 29.1. The lowest BCUT2D eigenvalue weighted by molar-refractivity contribution is 0.0698. The third-order valence-electron chi connectivity index (χ3n) is 6.01. The SMILES string of the molecule is Cc1cc(C(C)Nc2ccccc2C(=O)O)c2oc(-c3ccc4c(c3)ncn4C)cc(=O)c2c1. The third kappa shape index (κ3) is 3.71. The molecule has 0 aliphatic carbocycles. The molecule has 0 saturated carbocycles. The molecule has 0 bridgehead atoms. The number of carboxylic acids is 1. The van der Waals surface area contributed by atoms with Crippen molar-refractivity contribution >= 4 is 33.7 Å². The molecule has 0 aliphatic heterocycles. The lowest BCUT2D eigenvalue weighted by atomic mass is 10.00. The summed E-state index contributed by atoms with van der Waals surface area (Å²) in [6, 6.07) is 17.5. The summed E-state index contributed by atoms with van der Waals surface area (Å²) in [6.07, 6.45) is 1.74. The number of anilines is 1. The summed E-state index contributed by atoms with van der Waals surface area (Å²) in [7, 11) is 1.93. The molecule has 1 unspecified atom stereocenters. The first-order valence-corrected chi connectivity index (χ1v) is 10.9. The van der Waals surface area contributed by atoms with E-state index in [9.17, 15) is 14.7 Å². The van der Waals surface area contributed by atoms with Crippen molar-refractivity contribution in [3.8, 4) is 11.3 Å². The predicted molar refractivity (Wildman–Crippen MR) is 132 cm³/mol. The van der Waals surface area contributed by atoms with Gasteiger partial charge in [-0.15, -0.1) is 0 Å². The number of aromatic carboxylic acids is 1. The van der Waals surface area contributed by atoms with Gasteiger partial charge in [0.2, 0.25) is 0 Å². The Labute approximate surface area is 195 Å². The van der Waals surface area contributed by atoms with E-state index in [-0.39, 0.29) is 17.0 Å². The van der Waals surface area contributed by atoms with Crippen LogP contribution in [0.2, 0.25) is 0 Å². The molecule has 0 radical (unpaired) electrons. The van der Waals surface area contributed by atoms with Crippen LogP contribution in [0.5, 0.6) is 0 Å². The molecule has 34 heavy (non-hydrogen) atoms. The molecule has 170 valence electrons. The van der Waals surface area contributed by atoms with E-state index in [0.717, 1.165) is 27.7 Å².